The van der Waals surface area contributed by atoms with Gasteiger partial charge in [-0.05, 0) is 17.7 Å². The fraction of sp³-hybridized carbons (Fsp3) is 0.214. The molecule has 106 valence electrons. The quantitative estimate of drug-likeness (QED) is 0.792. The molecule has 0 bridgehead atoms. The average Bonchev–Trinajstić information content (AvgIpc) is 2.36. The summed E-state index contributed by atoms with van der Waals surface area (Å²) in [6.45, 7) is 1.91. The number of hydrogen-bond acceptors (Lipinski definition) is 3. The van der Waals surface area contributed by atoms with Crippen LogP contribution in [-0.4, -0.2) is 34.8 Å². The average molecular weight is 276 g/mol. The highest BCUT2D eigenvalue weighted by atomic mass is 16.4. The van der Waals surface area contributed by atoms with Crippen LogP contribution in [0.5, 0.6) is 0 Å². The smallest absolute Gasteiger partial charge is 0.328 e. The van der Waals surface area contributed by atoms with Crippen LogP contribution >= 0.6 is 0 Å². The van der Waals surface area contributed by atoms with Crippen LogP contribution in [0.1, 0.15) is 12.5 Å². The second-order valence-corrected chi connectivity index (χ2v) is 4.24. The number of amides is 2. The van der Waals surface area contributed by atoms with Crippen molar-refractivity contribution >= 4 is 23.5 Å². The number of carboxylic acid groups (broad SMARTS) is 1. The summed E-state index contributed by atoms with van der Waals surface area (Å²) in [5.74, 6) is -1.76. The number of hydrogen-bond donors (Lipinski definition) is 2. The van der Waals surface area contributed by atoms with E-state index in [1.54, 1.807) is 30.1 Å². The Morgan fingerprint density at radius 3 is 2.60 bits per heavy atom. The molecule has 0 heterocycles. The minimum atomic E-state index is -1.18. The first-order valence-corrected chi connectivity index (χ1v) is 5.91. The Labute approximate surface area is 116 Å². The van der Waals surface area contributed by atoms with Crippen LogP contribution < -0.4 is 5.32 Å². The summed E-state index contributed by atoms with van der Waals surface area (Å²) < 4.78 is 0. The van der Waals surface area contributed by atoms with E-state index in [0.717, 1.165) is 17.7 Å². The van der Waals surface area contributed by atoms with Crippen molar-refractivity contribution in [3.63, 3.8) is 0 Å². The molecule has 1 rings (SSSR count). The molecule has 0 aliphatic carbocycles. The van der Waals surface area contributed by atoms with Gasteiger partial charge in [0.15, 0.2) is 0 Å². The predicted molar refractivity (Wildman–Crippen MR) is 74.0 cm³/mol. The van der Waals surface area contributed by atoms with Crippen molar-refractivity contribution in [1.82, 2.24) is 4.90 Å². The maximum Gasteiger partial charge on any atom is 0.328 e. The van der Waals surface area contributed by atoms with Gasteiger partial charge in [0.1, 0.15) is 0 Å². The largest absolute Gasteiger partial charge is 0.478 e. The number of benzene rings is 1. The van der Waals surface area contributed by atoms with Gasteiger partial charge in [0.05, 0.1) is 0 Å². The third-order valence-corrected chi connectivity index (χ3v) is 2.53. The number of aliphatic carboxylic acids is 1. The van der Waals surface area contributed by atoms with Crippen LogP contribution in [-0.2, 0) is 20.9 Å². The Morgan fingerprint density at radius 1 is 1.30 bits per heavy atom. The third kappa shape index (κ3) is 5.34. The summed E-state index contributed by atoms with van der Waals surface area (Å²) in [5, 5.41) is 11.0. The van der Waals surface area contributed by atoms with E-state index >= 15 is 0 Å². The van der Waals surface area contributed by atoms with Gasteiger partial charge in [0, 0.05) is 38.4 Å². The van der Waals surface area contributed by atoms with Gasteiger partial charge in [-0.15, -0.1) is 0 Å². The topological polar surface area (TPSA) is 86.7 Å². The molecule has 20 heavy (non-hydrogen) atoms. The van der Waals surface area contributed by atoms with Gasteiger partial charge in [-0.3, -0.25) is 9.59 Å². The Balaban J connectivity index is 2.71. The Hall–Kier alpha value is -2.63. The lowest BCUT2D eigenvalue weighted by molar-refractivity contribution is -0.131. The summed E-state index contributed by atoms with van der Waals surface area (Å²) in [5.41, 5.74) is 1.40. The SMILES string of the molecule is CC(=O)N(C)Cc1cccc(NC(=O)/C=C/C(=O)O)c1. The van der Waals surface area contributed by atoms with E-state index in [-0.39, 0.29) is 5.91 Å². The van der Waals surface area contributed by atoms with Crippen molar-refractivity contribution in [3.8, 4) is 0 Å². The van der Waals surface area contributed by atoms with Crippen molar-refractivity contribution in [1.29, 1.82) is 0 Å². The van der Waals surface area contributed by atoms with Crippen molar-refractivity contribution in [3.05, 3.63) is 42.0 Å². The molecular formula is C14H16N2O4. The van der Waals surface area contributed by atoms with Crippen molar-refractivity contribution in [2.75, 3.05) is 12.4 Å². The van der Waals surface area contributed by atoms with Gasteiger partial charge >= 0.3 is 5.97 Å². The minimum absolute atomic E-state index is 0.0520. The van der Waals surface area contributed by atoms with Crippen LogP contribution in [0.25, 0.3) is 0 Å². The van der Waals surface area contributed by atoms with Gasteiger partial charge in [0.25, 0.3) is 0 Å². The van der Waals surface area contributed by atoms with Crippen molar-refractivity contribution in [2.45, 2.75) is 13.5 Å². The summed E-state index contributed by atoms with van der Waals surface area (Å²) in [6, 6.07) is 7.00. The first-order valence-electron chi connectivity index (χ1n) is 5.91. The van der Waals surface area contributed by atoms with Gasteiger partial charge in [-0.2, -0.15) is 0 Å². The minimum Gasteiger partial charge on any atom is -0.478 e. The van der Waals surface area contributed by atoms with E-state index in [0.29, 0.717) is 12.2 Å². The van der Waals surface area contributed by atoms with E-state index < -0.39 is 11.9 Å². The van der Waals surface area contributed by atoms with Gasteiger partial charge < -0.3 is 15.3 Å². The molecule has 0 aromatic heterocycles. The number of nitrogens with zero attached hydrogens (tertiary/aromatic N) is 1. The molecule has 6 nitrogen and oxygen atoms in total. The first kappa shape index (κ1) is 15.4. The maximum absolute atomic E-state index is 11.4. The lowest BCUT2D eigenvalue weighted by Gasteiger charge is -2.15. The van der Waals surface area contributed by atoms with Crippen LogP contribution in [0.4, 0.5) is 5.69 Å². The molecule has 1 aromatic rings. The molecule has 0 fully saturated rings. The van der Waals surface area contributed by atoms with Crippen molar-refractivity contribution in [2.24, 2.45) is 0 Å². The van der Waals surface area contributed by atoms with E-state index in [2.05, 4.69) is 5.32 Å². The van der Waals surface area contributed by atoms with Crippen LogP contribution in [0.3, 0.4) is 0 Å². The fourth-order valence-electron chi connectivity index (χ4n) is 1.46. The van der Waals surface area contributed by atoms with Gasteiger partial charge in [0.2, 0.25) is 11.8 Å². The lowest BCUT2D eigenvalue weighted by Crippen LogP contribution is -2.23. The standard InChI is InChI=1S/C14H16N2O4/c1-10(17)16(2)9-11-4-3-5-12(8-11)15-13(18)6-7-14(19)20/h3-8H,9H2,1-2H3,(H,15,18)(H,19,20)/b7-6+. The molecule has 2 N–H and O–H groups in total. The lowest BCUT2D eigenvalue weighted by atomic mass is 10.2. The normalized spacial score (nSPS) is 10.3. The molecule has 1 aromatic carbocycles. The highest BCUT2D eigenvalue weighted by Crippen LogP contribution is 2.12. The molecule has 6 heteroatoms. The van der Waals surface area contributed by atoms with Crippen molar-refractivity contribution < 1.29 is 19.5 Å². The molecule has 2 amide bonds. The zero-order valence-corrected chi connectivity index (χ0v) is 11.3. The number of nitrogens with one attached hydrogen (secondary N) is 1. The first-order chi connectivity index (χ1) is 9.38. The molecule has 0 atom stereocenters. The summed E-state index contributed by atoms with van der Waals surface area (Å²) in [6.07, 6.45) is 1.71. The molecule has 0 aliphatic heterocycles. The maximum atomic E-state index is 11.4. The monoisotopic (exact) mass is 276 g/mol. The molecule has 0 aliphatic rings. The summed E-state index contributed by atoms with van der Waals surface area (Å²) >= 11 is 0. The number of anilines is 1. The number of carbonyl (C=O) groups is 3. The predicted octanol–water partition coefficient (Wildman–Crippen LogP) is 1.24. The Bertz CT molecular complexity index is 552. The Morgan fingerprint density at radius 2 is 2.00 bits per heavy atom. The molecule has 0 spiro atoms. The number of rotatable bonds is 5. The molecule has 0 saturated heterocycles. The third-order valence-electron chi connectivity index (χ3n) is 2.53. The zero-order valence-electron chi connectivity index (χ0n) is 11.3. The molecular weight excluding hydrogens is 260 g/mol. The fourth-order valence-corrected chi connectivity index (χ4v) is 1.46. The summed E-state index contributed by atoms with van der Waals surface area (Å²) in [7, 11) is 1.68. The highest BCUT2D eigenvalue weighted by Gasteiger charge is 2.05. The van der Waals surface area contributed by atoms with E-state index in [9.17, 15) is 14.4 Å². The molecule has 0 radical (unpaired) electrons. The zero-order chi connectivity index (χ0) is 15.1. The molecule has 0 saturated carbocycles. The second-order valence-electron chi connectivity index (χ2n) is 4.24. The number of carboxylic acids is 1. The Kier molecular flexibility index (Phi) is 5.46. The van der Waals surface area contributed by atoms with Crippen LogP contribution in [0.2, 0.25) is 0 Å². The van der Waals surface area contributed by atoms with Crippen LogP contribution in [0, 0.1) is 0 Å². The molecule has 0 unspecified atom stereocenters. The van der Waals surface area contributed by atoms with E-state index in [4.69, 9.17) is 5.11 Å². The summed E-state index contributed by atoms with van der Waals surface area (Å²) in [4.78, 5) is 34.4. The van der Waals surface area contributed by atoms with Crippen LogP contribution in [0.15, 0.2) is 36.4 Å². The van der Waals surface area contributed by atoms with Gasteiger partial charge in [-0.25, -0.2) is 4.79 Å². The highest BCUT2D eigenvalue weighted by molar-refractivity contribution is 6.02. The van der Waals surface area contributed by atoms with E-state index in [1.165, 1.54) is 6.92 Å². The van der Waals surface area contributed by atoms with E-state index in [1.807, 2.05) is 6.07 Å². The number of carbonyl (C=O) groups excluding carboxylic acids is 2. The van der Waals surface area contributed by atoms with Gasteiger partial charge in [-0.1, -0.05) is 12.1 Å². The second kappa shape index (κ2) is 7.08.